The third-order valence-corrected chi connectivity index (χ3v) is 2.20. The topological polar surface area (TPSA) is 82.0 Å². The van der Waals surface area contributed by atoms with Gasteiger partial charge in [0.05, 0.1) is 18.2 Å². The Kier molecular flexibility index (Phi) is 3.03. The minimum absolute atomic E-state index is 0.471. The van der Waals surface area contributed by atoms with Crippen LogP contribution in [0.4, 0.5) is 0 Å². The predicted molar refractivity (Wildman–Crippen MR) is 41.4 cm³/mol. The Hall–Kier alpha value is -0.200. The molecule has 1 aliphatic rings. The quantitative estimate of drug-likeness (QED) is 0.373. The third-order valence-electron chi connectivity index (χ3n) is 2.20. The van der Waals surface area contributed by atoms with Gasteiger partial charge >= 0.3 is 0 Å². The summed E-state index contributed by atoms with van der Waals surface area (Å²) in [5, 5.41) is 30.7. The number of aliphatic hydroxyl groups excluding tert-OH is 3. The molecule has 0 radical (unpaired) electrons. The molecule has 1 unspecified atom stereocenters. The van der Waals surface area contributed by atoms with Gasteiger partial charge in [-0.15, -0.1) is 0 Å². The van der Waals surface area contributed by atoms with Gasteiger partial charge in [0.15, 0.2) is 6.29 Å². The Labute approximate surface area is 71.0 Å². The average molecular weight is 177 g/mol. The molecule has 0 aromatic carbocycles. The van der Waals surface area contributed by atoms with Crippen molar-refractivity contribution >= 4 is 0 Å². The lowest BCUT2D eigenvalue weighted by atomic mass is 9.97. The van der Waals surface area contributed by atoms with Gasteiger partial charge < -0.3 is 25.4 Å². The number of likely N-dealkylation sites (N-methyl/N-ethyl adjacent to an activating group) is 1. The summed E-state index contributed by atoms with van der Waals surface area (Å²) in [6.45, 7) is 1.64. The molecule has 0 aromatic rings. The fourth-order valence-corrected chi connectivity index (χ4v) is 1.39. The fraction of sp³-hybridized carbons (Fsp3) is 1.00. The highest BCUT2D eigenvalue weighted by atomic mass is 16.6. The Bertz CT molecular complexity index is 140. The Morgan fingerprint density at radius 2 is 1.75 bits per heavy atom. The summed E-state index contributed by atoms with van der Waals surface area (Å²) in [7, 11) is 1.61. The van der Waals surface area contributed by atoms with E-state index < -0.39 is 30.6 Å². The molecule has 1 fully saturated rings. The Morgan fingerprint density at radius 3 is 2.25 bits per heavy atom. The van der Waals surface area contributed by atoms with E-state index in [1.165, 1.54) is 0 Å². The molecule has 0 bridgehead atoms. The van der Waals surface area contributed by atoms with Crippen LogP contribution in [-0.4, -0.2) is 53.0 Å². The van der Waals surface area contributed by atoms with Crippen LogP contribution in [0, 0.1) is 0 Å². The first kappa shape index (κ1) is 9.88. The van der Waals surface area contributed by atoms with Crippen LogP contribution in [0.25, 0.3) is 0 Å². The van der Waals surface area contributed by atoms with Gasteiger partial charge in [0.1, 0.15) is 6.10 Å². The van der Waals surface area contributed by atoms with Crippen LogP contribution in [0.5, 0.6) is 0 Å². The zero-order valence-corrected chi connectivity index (χ0v) is 7.14. The van der Waals surface area contributed by atoms with E-state index in [4.69, 9.17) is 9.84 Å². The molecule has 4 N–H and O–H groups in total. The molecule has 0 aliphatic carbocycles. The van der Waals surface area contributed by atoms with Crippen LogP contribution in [0.2, 0.25) is 0 Å². The van der Waals surface area contributed by atoms with Crippen molar-refractivity contribution in [3.05, 3.63) is 0 Å². The molecule has 5 nitrogen and oxygen atoms in total. The highest BCUT2D eigenvalue weighted by molar-refractivity contribution is 4.91. The van der Waals surface area contributed by atoms with Crippen LogP contribution in [0.15, 0.2) is 0 Å². The summed E-state index contributed by atoms with van der Waals surface area (Å²) in [5.41, 5.74) is 0. The molecule has 1 heterocycles. The van der Waals surface area contributed by atoms with Crippen LogP contribution < -0.4 is 5.32 Å². The van der Waals surface area contributed by atoms with Crippen molar-refractivity contribution in [3.63, 3.8) is 0 Å². The normalized spacial score (nSPS) is 49.2. The van der Waals surface area contributed by atoms with E-state index >= 15 is 0 Å². The van der Waals surface area contributed by atoms with Crippen molar-refractivity contribution < 1.29 is 20.1 Å². The zero-order chi connectivity index (χ0) is 9.30. The van der Waals surface area contributed by atoms with E-state index in [9.17, 15) is 10.2 Å². The molecule has 0 aromatic heterocycles. The third kappa shape index (κ3) is 1.60. The van der Waals surface area contributed by atoms with Gasteiger partial charge in [-0.1, -0.05) is 0 Å². The largest absolute Gasteiger partial charge is 0.389 e. The van der Waals surface area contributed by atoms with Gasteiger partial charge in [0.2, 0.25) is 0 Å². The number of hydrogen-bond acceptors (Lipinski definition) is 5. The average Bonchev–Trinajstić information content (AvgIpc) is 2.02. The monoisotopic (exact) mass is 177 g/mol. The molecule has 0 amide bonds. The number of hydrogen-bond donors (Lipinski definition) is 4. The van der Waals surface area contributed by atoms with Crippen molar-refractivity contribution in [2.24, 2.45) is 0 Å². The van der Waals surface area contributed by atoms with Gasteiger partial charge in [-0.05, 0) is 14.0 Å². The molecule has 72 valence electrons. The Morgan fingerprint density at radius 1 is 1.17 bits per heavy atom. The summed E-state index contributed by atoms with van der Waals surface area (Å²) in [5.74, 6) is 0. The predicted octanol–water partition coefficient (Wildman–Crippen LogP) is -1.97. The summed E-state index contributed by atoms with van der Waals surface area (Å²) in [6.07, 6.45) is -3.57. The van der Waals surface area contributed by atoms with E-state index in [1.807, 2.05) is 0 Å². The fourth-order valence-electron chi connectivity index (χ4n) is 1.39. The molecule has 5 heteroatoms. The molecular weight excluding hydrogens is 162 g/mol. The van der Waals surface area contributed by atoms with Crippen LogP contribution in [0.1, 0.15) is 6.92 Å². The van der Waals surface area contributed by atoms with E-state index in [0.29, 0.717) is 0 Å². The molecular formula is C7H15NO4. The first-order valence-electron chi connectivity index (χ1n) is 3.95. The summed E-state index contributed by atoms with van der Waals surface area (Å²) in [6, 6.07) is -0.538. The lowest BCUT2D eigenvalue weighted by molar-refractivity contribution is -0.251. The maximum Gasteiger partial charge on any atom is 0.182 e. The second kappa shape index (κ2) is 3.68. The molecule has 12 heavy (non-hydrogen) atoms. The number of ether oxygens (including phenoxy) is 1. The van der Waals surface area contributed by atoms with Gasteiger partial charge in [-0.25, -0.2) is 0 Å². The van der Waals surface area contributed by atoms with Crippen LogP contribution in [-0.2, 0) is 4.74 Å². The summed E-state index contributed by atoms with van der Waals surface area (Å²) >= 11 is 0. The number of nitrogens with one attached hydrogen (secondary N) is 1. The van der Waals surface area contributed by atoms with Crippen molar-refractivity contribution in [2.45, 2.75) is 37.6 Å². The minimum Gasteiger partial charge on any atom is -0.389 e. The molecule has 0 saturated carbocycles. The highest BCUT2D eigenvalue weighted by Gasteiger charge is 2.40. The van der Waals surface area contributed by atoms with E-state index in [-0.39, 0.29) is 0 Å². The molecule has 5 atom stereocenters. The highest BCUT2D eigenvalue weighted by Crippen LogP contribution is 2.18. The maximum atomic E-state index is 9.47. The smallest absolute Gasteiger partial charge is 0.182 e. The van der Waals surface area contributed by atoms with Crippen LogP contribution in [0.3, 0.4) is 0 Å². The zero-order valence-electron chi connectivity index (χ0n) is 7.14. The SMILES string of the molecule is CN[C@H]1[C@H](O)[C@@H](C)OC(O)[C@H]1O. The Balaban J connectivity index is 2.67. The van der Waals surface area contributed by atoms with Crippen molar-refractivity contribution in [3.8, 4) is 0 Å². The second-order valence-electron chi connectivity index (χ2n) is 3.03. The van der Waals surface area contributed by atoms with Crippen molar-refractivity contribution in [1.29, 1.82) is 0 Å². The van der Waals surface area contributed by atoms with Crippen molar-refractivity contribution in [2.75, 3.05) is 7.05 Å². The molecule has 1 aliphatic heterocycles. The van der Waals surface area contributed by atoms with Gasteiger partial charge in [0.25, 0.3) is 0 Å². The molecule has 1 saturated heterocycles. The van der Waals surface area contributed by atoms with Crippen LogP contribution >= 0.6 is 0 Å². The first-order valence-corrected chi connectivity index (χ1v) is 3.95. The number of aliphatic hydroxyl groups is 3. The van der Waals surface area contributed by atoms with Crippen molar-refractivity contribution in [1.82, 2.24) is 5.32 Å². The second-order valence-corrected chi connectivity index (χ2v) is 3.03. The van der Waals surface area contributed by atoms with E-state index in [1.54, 1.807) is 14.0 Å². The van der Waals surface area contributed by atoms with Gasteiger partial charge in [0, 0.05) is 0 Å². The molecule has 1 rings (SSSR count). The van der Waals surface area contributed by atoms with E-state index in [2.05, 4.69) is 5.32 Å². The lowest BCUT2D eigenvalue weighted by Crippen LogP contribution is -2.61. The summed E-state index contributed by atoms with van der Waals surface area (Å²) < 4.78 is 4.86. The molecule has 0 spiro atoms. The lowest BCUT2D eigenvalue weighted by Gasteiger charge is -2.39. The standard InChI is InChI=1S/C7H15NO4/c1-3-5(9)4(8-2)6(10)7(11)12-3/h3-11H,1-2H3/t3-,4+,5-,6+,7?/m1/s1. The maximum absolute atomic E-state index is 9.47. The number of rotatable bonds is 1. The van der Waals surface area contributed by atoms with Gasteiger partial charge in [-0.2, -0.15) is 0 Å². The minimum atomic E-state index is -1.22. The van der Waals surface area contributed by atoms with Gasteiger partial charge in [-0.3, -0.25) is 0 Å². The summed E-state index contributed by atoms with van der Waals surface area (Å²) in [4.78, 5) is 0. The first-order chi connectivity index (χ1) is 5.57. The van der Waals surface area contributed by atoms with E-state index in [0.717, 1.165) is 0 Å².